The van der Waals surface area contributed by atoms with Gasteiger partial charge < -0.3 is 9.15 Å². The second kappa shape index (κ2) is 6.17. The summed E-state index contributed by atoms with van der Waals surface area (Å²) >= 11 is 0. The summed E-state index contributed by atoms with van der Waals surface area (Å²) in [4.78, 5) is 34.0. The Balaban J connectivity index is 2.48. The van der Waals surface area contributed by atoms with Crippen LogP contribution in [0.1, 0.15) is 30.3 Å². The van der Waals surface area contributed by atoms with E-state index in [1.165, 1.54) is 18.2 Å². The predicted octanol–water partition coefficient (Wildman–Crippen LogP) is 2.66. The standard InChI is InChI=1S/C14H13NO6/c1-2-3-7-20-14(17)12-8-11(16)9-5-4-6-10(15(18)19)13(9)21-12/h4-6,8H,2-3,7H2,1H3. The van der Waals surface area contributed by atoms with Gasteiger partial charge in [0, 0.05) is 12.1 Å². The van der Waals surface area contributed by atoms with Crippen LogP contribution in [0.15, 0.2) is 33.5 Å². The molecule has 2 rings (SSSR count). The Bertz CT molecular complexity index is 749. The number of non-ortho nitro benzene ring substituents is 1. The number of nitro benzene ring substituents is 1. The Morgan fingerprint density at radius 2 is 2.19 bits per heavy atom. The number of nitrogens with zero attached hydrogens (tertiary/aromatic N) is 1. The molecule has 0 bridgehead atoms. The third-order valence-electron chi connectivity index (χ3n) is 2.86. The molecule has 0 unspecified atom stereocenters. The van der Waals surface area contributed by atoms with Crippen LogP contribution in [-0.2, 0) is 4.74 Å². The number of para-hydroxylation sites is 1. The zero-order valence-corrected chi connectivity index (χ0v) is 11.3. The van der Waals surface area contributed by atoms with E-state index in [0.717, 1.165) is 12.5 Å². The van der Waals surface area contributed by atoms with Crippen LogP contribution in [0.25, 0.3) is 11.0 Å². The predicted molar refractivity (Wildman–Crippen MR) is 74.3 cm³/mol. The van der Waals surface area contributed by atoms with Crippen LogP contribution >= 0.6 is 0 Å². The summed E-state index contributed by atoms with van der Waals surface area (Å²) in [6.45, 7) is 2.14. The third kappa shape index (κ3) is 3.07. The topological polar surface area (TPSA) is 99.7 Å². The summed E-state index contributed by atoms with van der Waals surface area (Å²) in [7, 11) is 0. The van der Waals surface area contributed by atoms with Gasteiger partial charge in [0.15, 0.2) is 5.43 Å². The van der Waals surface area contributed by atoms with E-state index in [-0.39, 0.29) is 29.0 Å². The molecule has 1 aromatic heterocycles. The molecule has 0 amide bonds. The highest BCUT2D eigenvalue weighted by atomic mass is 16.6. The number of carbonyl (C=O) groups is 1. The number of nitro groups is 1. The summed E-state index contributed by atoms with van der Waals surface area (Å²) < 4.78 is 10.1. The van der Waals surface area contributed by atoms with E-state index in [4.69, 9.17) is 9.15 Å². The maximum absolute atomic E-state index is 11.9. The zero-order valence-electron chi connectivity index (χ0n) is 11.3. The molecular weight excluding hydrogens is 278 g/mol. The molecule has 0 saturated heterocycles. The normalized spacial score (nSPS) is 10.5. The molecular formula is C14H13NO6. The van der Waals surface area contributed by atoms with E-state index < -0.39 is 16.3 Å². The van der Waals surface area contributed by atoms with Gasteiger partial charge in [-0.25, -0.2) is 4.79 Å². The number of benzene rings is 1. The van der Waals surface area contributed by atoms with Crippen molar-refractivity contribution in [2.45, 2.75) is 19.8 Å². The Labute approximate surface area is 119 Å². The van der Waals surface area contributed by atoms with E-state index in [1.54, 1.807) is 0 Å². The summed E-state index contributed by atoms with van der Waals surface area (Å²) in [5.41, 5.74) is -1.12. The quantitative estimate of drug-likeness (QED) is 0.363. The molecule has 1 heterocycles. The Hall–Kier alpha value is -2.70. The smallest absolute Gasteiger partial charge is 0.374 e. The lowest BCUT2D eigenvalue weighted by Gasteiger charge is -2.04. The van der Waals surface area contributed by atoms with Gasteiger partial charge in [0.25, 0.3) is 0 Å². The molecule has 0 N–H and O–H groups in total. The number of rotatable bonds is 5. The van der Waals surface area contributed by atoms with Crippen LogP contribution in [0.2, 0.25) is 0 Å². The van der Waals surface area contributed by atoms with Crippen molar-refractivity contribution in [3.05, 3.63) is 50.4 Å². The van der Waals surface area contributed by atoms with Gasteiger partial charge in [0.2, 0.25) is 11.3 Å². The van der Waals surface area contributed by atoms with Gasteiger partial charge in [-0.1, -0.05) is 19.4 Å². The van der Waals surface area contributed by atoms with Gasteiger partial charge in [-0.05, 0) is 12.5 Å². The lowest BCUT2D eigenvalue weighted by Crippen LogP contribution is -2.11. The van der Waals surface area contributed by atoms with Gasteiger partial charge >= 0.3 is 11.7 Å². The van der Waals surface area contributed by atoms with E-state index >= 15 is 0 Å². The minimum Gasteiger partial charge on any atom is -0.460 e. The minimum atomic E-state index is -0.805. The first-order valence-corrected chi connectivity index (χ1v) is 6.43. The minimum absolute atomic E-state index is 0.0503. The van der Waals surface area contributed by atoms with Crippen LogP contribution in [0.4, 0.5) is 5.69 Å². The van der Waals surface area contributed by atoms with Crippen LogP contribution < -0.4 is 5.43 Å². The highest BCUT2D eigenvalue weighted by Gasteiger charge is 2.20. The number of esters is 1. The molecule has 0 saturated carbocycles. The maximum atomic E-state index is 11.9. The van der Waals surface area contributed by atoms with Crippen molar-refractivity contribution < 1.29 is 18.9 Å². The van der Waals surface area contributed by atoms with E-state index in [1.807, 2.05) is 6.92 Å². The van der Waals surface area contributed by atoms with Crippen molar-refractivity contribution in [3.8, 4) is 0 Å². The molecule has 7 nitrogen and oxygen atoms in total. The largest absolute Gasteiger partial charge is 0.460 e. The van der Waals surface area contributed by atoms with Gasteiger partial charge in [0.05, 0.1) is 16.9 Å². The molecule has 7 heteroatoms. The molecule has 21 heavy (non-hydrogen) atoms. The summed E-state index contributed by atoms with van der Waals surface area (Å²) in [5.74, 6) is -1.14. The van der Waals surface area contributed by atoms with Crippen molar-refractivity contribution in [1.29, 1.82) is 0 Å². The molecule has 0 aliphatic rings. The van der Waals surface area contributed by atoms with Crippen LogP contribution in [0.5, 0.6) is 0 Å². The van der Waals surface area contributed by atoms with Crippen LogP contribution in [-0.4, -0.2) is 17.5 Å². The van der Waals surface area contributed by atoms with Gasteiger partial charge in [-0.15, -0.1) is 0 Å². The Morgan fingerprint density at radius 1 is 1.43 bits per heavy atom. The molecule has 1 aromatic carbocycles. The van der Waals surface area contributed by atoms with Crippen molar-refractivity contribution in [2.24, 2.45) is 0 Å². The summed E-state index contributed by atoms with van der Waals surface area (Å²) in [5, 5.41) is 11.0. The average molecular weight is 291 g/mol. The van der Waals surface area contributed by atoms with Crippen molar-refractivity contribution >= 4 is 22.6 Å². The summed E-state index contributed by atoms with van der Waals surface area (Å²) in [6, 6.07) is 4.98. The van der Waals surface area contributed by atoms with Crippen LogP contribution in [0, 0.1) is 10.1 Å². The number of fused-ring (bicyclic) bond motifs is 1. The van der Waals surface area contributed by atoms with Crippen molar-refractivity contribution in [3.63, 3.8) is 0 Å². The van der Waals surface area contributed by atoms with Crippen molar-refractivity contribution in [1.82, 2.24) is 0 Å². The molecule has 2 aromatic rings. The first kappa shape index (κ1) is 14.7. The van der Waals surface area contributed by atoms with Crippen molar-refractivity contribution in [2.75, 3.05) is 6.61 Å². The summed E-state index contributed by atoms with van der Waals surface area (Å²) in [6.07, 6.45) is 1.53. The highest BCUT2D eigenvalue weighted by Crippen LogP contribution is 2.24. The Kier molecular flexibility index (Phi) is 4.32. The highest BCUT2D eigenvalue weighted by molar-refractivity contribution is 5.91. The zero-order chi connectivity index (χ0) is 15.4. The van der Waals surface area contributed by atoms with E-state index in [0.29, 0.717) is 6.42 Å². The SMILES string of the molecule is CCCCOC(=O)c1cc(=O)c2cccc([N+](=O)[O-])c2o1. The second-order valence-corrected chi connectivity index (χ2v) is 4.38. The van der Waals surface area contributed by atoms with E-state index in [9.17, 15) is 19.7 Å². The van der Waals surface area contributed by atoms with Gasteiger partial charge in [-0.3, -0.25) is 14.9 Å². The first-order valence-electron chi connectivity index (χ1n) is 6.43. The second-order valence-electron chi connectivity index (χ2n) is 4.38. The fourth-order valence-corrected chi connectivity index (χ4v) is 1.79. The molecule has 0 aliphatic carbocycles. The van der Waals surface area contributed by atoms with E-state index in [2.05, 4.69) is 0 Å². The third-order valence-corrected chi connectivity index (χ3v) is 2.86. The monoisotopic (exact) mass is 291 g/mol. The molecule has 0 atom stereocenters. The average Bonchev–Trinajstić information content (AvgIpc) is 2.46. The number of hydrogen-bond donors (Lipinski definition) is 0. The number of carbonyl (C=O) groups excluding carboxylic acids is 1. The molecule has 110 valence electrons. The molecule has 0 radical (unpaired) electrons. The lowest BCUT2D eigenvalue weighted by atomic mass is 10.2. The first-order chi connectivity index (χ1) is 10.0. The fraction of sp³-hybridized carbons (Fsp3) is 0.286. The molecule has 0 aliphatic heterocycles. The van der Waals surface area contributed by atoms with Gasteiger partial charge in [-0.2, -0.15) is 0 Å². The molecule has 0 spiro atoms. The number of unbranched alkanes of at least 4 members (excludes halogenated alkanes) is 1. The Morgan fingerprint density at radius 3 is 2.86 bits per heavy atom. The van der Waals surface area contributed by atoms with Gasteiger partial charge in [0.1, 0.15) is 0 Å². The number of ether oxygens (including phenoxy) is 1. The number of hydrogen-bond acceptors (Lipinski definition) is 6. The fourth-order valence-electron chi connectivity index (χ4n) is 1.79. The molecule has 0 fully saturated rings. The van der Waals surface area contributed by atoms with Crippen LogP contribution in [0.3, 0.4) is 0 Å². The lowest BCUT2D eigenvalue weighted by molar-refractivity contribution is -0.383. The maximum Gasteiger partial charge on any atom is 0.374 e.